The second-order valence-electron chi connectivity index (χ2n) is 5.08. The van der Waals surface area contributed by atoms with E-state index in [0.717, 1.165) is 11.1 Å². The van der Waals surface area contributed by atoms with E-state index in [1.807, 2.05) is 12.1 Å². The minimum Gasteiger partial charge on any atom is -0.224 e. The molecule has 0 atom stereocenters. The van der Waals surface area contributed by atoms with Gasteiger partial charge in [0.05, 0.1) is 9.79 Å². The Morgan fingerprint density at radius 1 is 0.591 bits per heavy atom. The maximum absolute atomic E-state index is 11.1. The molecule has 0 saturated heterocycles. The summed E-state index contributed by atoms with van der Waals surface area (Å²) >= 11 is 0. The molecule has 0 unspecified atom stereocenters. The Morgan fingerprint density at radius 2 is 0.864 bits per heavy atom. The molecule has 0 aliphatic carbocycles. The maximum atomic E-state index is 11.1. The van der Waals surface area contributed by atoms with Crippen LogP contribution in [-0.4, -0.2) is 29.3 Å². The van der Waals surface area contributed by atoms with Crippen LogP contribution in [0.2, 0.25) is 0 Å². The number of hydrogen-bond donors (Lipinski definition) is 0. The first kappa shape index (κ1) is 18.4. The molecule has 0 amide bonds. The van der Waals surface area contributed by atoms with E-state index in [2.05, 4.69) is 0 Å². The van der Waals surface area contributed by atoms with E-state index in [1.54, 1.807) is 50.2 Å². The first-order chi connectivity index (χ1) is 10.0. The third kappa shape index (κ3) is 5.27. The summed E-state index contributed by atoms with van der Waals surface area (Å²) < 4.78 is 44.2. The van der Waals surface area contributed by atoms with Gasteiger partial charge in [-0.05, 0) is 37.1 Å². The molecule has 22 heavy (non-hydrogen) atoms. The van der Waals surface area contributed by atoms with E-state index in [-0.39, 0.29) is 0 Å². The van der Waals surface area contributed by atoms with E-state index in [9.17, 15) is 16.8 Å². The van der Waals surface area contributed by atoms with Gasteiger partial charge < -0.3 is 0 Å². The summed E-state index contributed by atoms with van der Waals surface area (Å²) in [6.07, 6.45) is 2.44. The van der Waals surface area contributed by atoms with Gasteiger partial charge in [-0.25, -0.2) is 16.8 Å². The topological polar surface area (TPSA) is 68.3 Å². The lowest BCUT2D eigenvalue weighted by atomic mass is 10.2. The van der Waals surface area contributed by atoms with Crippen molar-refractivity contribution < 1.29 is 16.8 Å². The molecule has 0 bridgehead atoms. The van der Waals surface area contributed by atoms with Crippen LogP contribution in [0, 0.1) is 13.8 Å². The summed E-state index contributed by atoms with van der Waals surface area (Å²) in [7, 11) is -6.07. The minimum atomic E-state index is -3.03. The highest BCUT2D eigenvalue weighted by molar-refractivity contribution is 7.91. The van der Waals surface area contributed by atoms with Crippen molar-refractivity contribution in [3.05, 3.63) is 59.7 Å². The van der Waals surface area contributed by atoms with Gasteiger partial charge in [-0.2, -0.15) is 0 Å². The molecular formula is C16H20O4S2. The van der Waals surface area contributed by atoms with E-state index in [0.29, 0.717) is 9.79 Å². The zero-order chi connectivity index (χ0) is 17.0. The Hall–Kier alpha value is -1.66. The number of sulfone groups is 2. The summed E-state index contributed by atoms with van der Waals surface area (Å²) in [6.45, 7) is 3.58. The van der Waals surface area contributed by atoms with E-state index in [4.69, 9.17) is 0 Å². The maximum Gasteiger partial charge on any atom is 0.175 e. The van der Waals surface area contributed by atoms with Crippen molar-refractivity contribution >= 4 is 19.7 Å². The summed E-state index contributed by atoms with van der Waals surface area (Å²) in [6, 6.07) is 13.9. The Balaban J connectivity index is 0.000000220. The number of rotatable bonds is 2. The van der Waals surface area contributed by atoms with Crippen LogP contribution >= 0.6 is 0 Å². The van der Waals surface area contributed by atoms with Gasteiger partial charge in [-0.3, -0.25) is 0 Å². The van der Waals surface area contributed by atoms with Gasteiger partial charge in [0.2, 0.25) is 0 Å². The lowest BCUT2D eigenvalue weighted by Gasteiger charge is -2.00. The molecule has 120 valence electrons. The van der Waals surface area contributed by atoms with E-state index >= 15 is 0 Å². The summed E-state index contributed by atoms with van der Waals surface area (Å²) in [5, 5.41) is 0. The van der Waals surface area contributed by atoms with Crippen LogP contribution in [0.5, 0.6) is 0 Å². The average molecular weight is 340 g/mol. The molecule has 0 spiro atoms. The highest BCUT2D eigenvalue weighted by Gasteiger charge is 2.08. The largest absolute Gasteiger partial charge is 0.224 e. The third-order valence-electron chi connectivity index (χ3n) is 2.99. The summed E-state index contributed by atoms with van der Waals surface area (Å²) in [5.74, 6) is 0. The van der Waals surface area contributed by atoms with Crippen LogP contribution in [-0.2, 0) is 19.7 Å². The van der Waals surface area contributed by atoms with Crippen LogP contribution in [0.25, 0.3) is 0 Å². The predicted molar refractivity (Wildman–Crippen MR) is 88.6 cm³/mol. The number of hydrogen-bond acceptors (Lipinski definition) is 4. The van der Waals surface area contributed by atoms with Crippen LogP contribution in [0.15, 0.2) is 58.3 Å². The molecule has 2 aromatic carbocycles. The van der Waals surface area contributed by atoms with Crippen LogP contribution in [0.1, 0.15) is 11.1 Å². The van der Waals surface area contributed by atoms with E-state index in [1.165, 1.54) is 12.5 Å². The standard InChI is InChI=1S/2C8H10O2S/c2*1-7-5-3-4-6-8(7)11(2,9)10/h2*3-6H,1-2H3. The molecule has 2 rings (SSSR count). The Labute approximate surface area is 132 Å². The molecule has 6 heteroatoms. The van der Waals surface area contributed by atoms with Gasteiger partial charge in [-0.15, -0.1) is 0 Å². The highest BCUT2D eigenvalue weighted by Crippen LogP contribution is 2.13. The molecule has 0 N–H and O–H groups in total. The Bertz CT molecular complexity index is 778. The molecule has 0 fully saturated rings. The van der Waals surface area contributed by atoms with Crippen molar-refractivity contribution in [3.63, 3.8) is 0 Å². The van der Waals surface area contributed by atoms with Gasteiger partial charge in [0.1, 0.15) is 0 Å². The second-order valence-corrected chi connectivity index (χ2v) is 9.04. The van der Waals surface area contributed by atoms with Gasteiger partial charge in [0.25, 0.3) is 0 Å². The zero-order valence-corrected chi connectivity index (χ0v) is 14.7. The fourth-order valence-electron chi connectivity index (χ4n) is 1.94. The molecule has 0 aromatic heterocycles. The van der Waals surface area contributed by atoms with Crippen molar-refractivity contribution in [2.75, 3.05) is 12.5 Å². The van der Waals surface area contributed by atoms with Gasteiger partial charge >= 0.3 is 0 Å². The fraction of sp³-hybridized carbons (Fsp3) is 0.250. The van der Waals surface area contributed by atoms with Crippen LogP contribution < -0.4 is 0 Å². The van der Waals surface area contributed by atoms with Crippen molar-refractivity contribution in [1.29, 1.82) is 0 Å². The van der Waals surface area contributed by atoms with Gasteiger partial charge in [0.15, 0.2) is 19.7 Å². The van der Waals surface area contributed by atoms with Crippen LogP contribution in [0.3, 0.4) is 0 Å². The molecule has 0 saturated carbocycles. The minimum absolute atomic E-state index is 0.417. The molecule has 0 aliphatic heterocycles. The molecule has 0 aliphatic rings. The molecule has 0 radical (unpaired) electrons. The predicted octanol–water partition coefficient (Wildman–Crippen LogP) is 2.80. The molecular weight excluding hydrogens is 320 g/mol. The third-order valence-corrected chi connectivity index (χ3v) is 5.50. The smallest absolute Gasteiger partial charge is 0.175 e. The average Bonchev–Trinajstić information content (AvgIpc) is 2.37. The van der Waals surface area contributed by atoms with Gasteiger partial charge in [-0.1, -0.05) is 36.4 Å². The van der Waals surface area contributed by atoms with Crippen LogP contribution in [0.4, 0.5) is 0 Å². The van der Waals surface area contributed by atoms with E-state index < -0.39 is 19.7 Å². The highest BCUT2D eigenvalue weighted by atomic mass is 32.2. The van der Waals surface area contributed by atoms with Crippen molar-refractivity contribution in [2.24, 2.45) is 0 Å². The Kier molecular flexibility index (Phi) is 5.91. The number of aryl methyl sites for hydroxylation is 2. The lowest BCUT2D eigenvalue weighted by Crippen LogP contribution is -1.98. The SMILES string of the molecule is Cc1ccccc1S(C)(=O)=O.Cc1ccccc1S(C)(=O)=O. The van der Waals surface area contributed by atoms with Crippen molar-refractivity contribution in [3.8, 4) is 0 Å². The summed E-state index contributed by atoms with van der Waals surface area (Å²) in [5.41, 5.74) is 1.60. The number of benzene rings is 2. The normalized spacial score (nSPS) is 11.5. The molecule has 4 nitrogen and oxygen atoms in total. The quantitative estimate of drug-likeness (QED) is 0.843. The second kappa shape index (κ2) is 7.07. The monoisotopic (exact) mass is 340 g/mol. The zero-order valence-electron chi connectivity index (χ0n) is 13.1. The lowest BCUT2D eigenvalue weighted by molar-refractivity contribution is 0.599. The summed E-state index contributed by atoms with van der Waals surface area (Å²) in [4.78, 5) is 0.833. The first-order valence-electron chi connectivity index (χ1n) is 6.55. The molecule has 0 heterocycles. The first-order valence-corrected chi connectivity index (χ1v) is 10.3. The Morgan fingerprint density at radius 3 is 1.05 bits per heavy atom. The van der Waals surface area contributed by atoms with Gasteiger partial charge in [0, 0.05) is 12.5 Å². The van der Waals surface area contributed by atoms with Crippen molar-refractivity contribution in [1.82, 2.24) is 0 Å². The molecule has 2 aromatic rings. The van der Waals surface area contributed by atoms with Crippen molar-refractivity contribution in [2.45, 2.75) is 23.6 Å². The fourth-order valence-corrected chi connectivity index (χ4v) is 3.90.